The minimum atomic E-state index is 0.375. The summed E-state index contributed by atoms with van der Waals surface area (Å²) in [6.45, 7) is 0.880. The molecule has 0 aliphatic carbocycles. The van der Waals surface area contributed by atoms with Crippen molar-refractivity contribution in [2.75, 3.05) is 13.1 Å². The van der Waals surface area contributed by atoms with Crippen LogP contribution < -0.4 is 0 Å². The molecule has 4 heteroatoms. The first-order chi connectivity index (χ1) is 5.91. The SMILES string of the molecule is O=C=NC/C=C/CCCN=C=O. The standard InChI is InChI=1S/C8H10N2O2/c11-7-9-5-3-1-2-4-6-10-8-12/h1,3H,2,4-6H2/b3-1+. The van der Waals surface area contributed by atoms with Crippen LogP contribution in [0.25, 0.3) is 0 Å². The van der Waals surface area contributed by atoms with Crippen LogP contribution in [0.5, 0.6) is 0 Å². The topological polar surface area (TPSA) is 58.9 Å². The van der Waals surface area contributed by atoms with Crippen LogP contribution >= 0.6 is 0 Å². The Bertz CT molecular complexity index is 223. The molecule has 0 radical (unpaired) electrons. The van der Waals surface area contributed by atoms with Gasteiger partial charge in [-0.2, -0.15) is 0 Å². The molecule has 0 rings (SSSR count). The van der Waals surface area contributed by atoms with Crippen LogP contribution in [0.15, 0.2) is 22.1 Å². The van der Waals surface area contributed by atoms with Gasteiger partial charge in [-0.15, -0.1) is 0 Å². The van der Waals surface area contributed by atoms with Gasteiger partial charge in [-0.05, 0) is 12.8 Å². The Morgan fingerprint density at radius 1 is 1.08 bits per heavy atom. The van der Waals surface area contributed by atoms with Crippen molar-refractivity contribution in [2.45, 2.75) is 12.8 Å². The summed E-state index contributed by atoms with van der Waals surface area (Å²) < 4.78 is 0. The molecule has 4 nitrogen and oxygen atoms in total. The molecular formula is C8H10N2O2. The maximum Gasteiger partial charge on any atom is 0.235 e. The van der Waals surface area contributed by atoms with Crippen LogP contribution in [0, 0.1) is 0 Å². The molecule has 0 heterocycles. The summed E-state index contributed by atoms with van der Waals surface area (Å²) in [7, 11) is 0. The summed E-state index contributed by atoms with van der Waals surface area (Å²) in [5.41, 5.74) is 0. The van der Waals surface area contributed by atoms with Crippen molar-refractivity contribution in [1.29, 1.82) is 0 Å². The molecule has 64 valence electrons. The second kappa shape index (κ2) is 9.50. The third-order valence-corrected chi connectivity index (χ3v) is 1.13. The average molecular weight is 166 g/mol. The average Bonchev–Trinajstić information content (AvgIpc) is 2.10. The Hall–Kier alpha value is -1.50. The first-order valence-electron chi connectivity index (χ1n) is 3.64. The van der Waals surface area contributed by atoms with E-state index in [0.717, 1.165) is 12.8 Å². The summed E-state index contributed by atoms with van der Waals surface area (Å²) >= 11 is 0. The lowest BCUT2D eigenvalue weighted by atomic mass is 10.3. The number of unbranched alkanes of at least 4 members (excludes halogenated alkanes) is 1. The Kier molecular flexibility index (Phi) is 8.31. The van der Waals surface area contributed by atoms with E-state index in [4.69, 9.17) is 0 Å². The first-order valence-corrected chi connectivity index (χ1v) is 3.64. The molecule has 12 heavy (non-hydrogen) atoms. The van der Waals surface area contributed by atoms with Crippen molar-refractivity contribution in [1.82, 2.24) is 0 Å². The van der Waals surface area contributed by atoms with Crippen LogP contribution in [-0.2, 0) is 9.59 Å². The fourth-order valence-corrected chi connectivity index (χ4v) is 0.616. The smallest absolute Gasteiger partial charge is 0.211 e. The molecule has 0 aromatic rings. The third-order valence-electron chi connectivity index (χ3n) is 1.13. The normalized spacial score (nSPS) is 9.00. The fourth-order valence-electron chi connectivity index (χ4n) is 0.616. The van der Waals surface area contributed by atoms with E-state index in [2.05, 4.69) is 9.98 Å². The van der Waals surface area contributed by atoms with E-state index >= 15 is 0 Å². The zero-order valence-electron chi connectivity index (χ0n) is 6.69. The second-order valence-electron chi connectivity index (χ2n) is 2.02. The lowest BCUT2D eigenvalue weighted by Gasteiger charge is -1.86. The summed E-state index contributed by atoms with van der Waals surface area (Å²) in [5.74, 6) is 0. The highest BCUT2D eigenvalue weighted by molar-refractivity contribution is 5.33. The van der Waals surface area contributed by atoms with Gasteiger partial charge in [-0.3, -0.25) is 0 Å². The number of isocyanates is 2. The fraction of sp³-hybridized carbons (Fsp3) is 0.500. The number of aliphatic imine (C=N–C) groups is 2. The van der Waals surface area contributed by atoms with E-state index in [1.54, 1.807) is 6.08 Å². The van der Waals surface area contributed by atoms with E-state index in [9.17, 15) is 9.59 Å². The number of hydrogen-bond acceptors (Lipinski definition) is 4. The number of hydrogen-bond donors (Lipinski definition) is 0. The largest absolute Gasteiger partial charge is 0.235 e. The number of nitrogens with zero attached hydrogens (tertiary/aromatic N) is 2. The summed E-state index contributed by atoms with van der Waals surface area (Å²) in [6, 6.07) is 0. The van der Waals surface area contributed by atoms with Gasteiger partial charge in [0.15, 0.2) is 0 Å². The summed E-state index contributed by atoms with van der Waals surface area (Å²) in [4.78, 5) is 25.9. The van der Waals surface area contributed by atoms with E-state index in [-0.39, 0.29) is 0 Å². The van der Waals surface area contributed by atoms with Crippen molar-refractivity contribution >= 4 is 12.2 Å². The van der Waals surface area contributed by atoms with Crippen LogP contribution in [-0.4, -0.2) is 25.2 Å². The number of allylic oxidation sites excluding steroid dienone is 1. The van der Waals surface area contributed by atoms with E-state index < -0.39 is 0 Å². The summed E-state index contributed by atoms with van der Waals surface area (Å²) in [6.07, 6.45) is 8.21. The van der Waals surface area contributed by atoms with Gasteiger partial charge in [0.25, 0.3) is 0 Å². The molecule has 0 aliphatic rings. The molecule has 0 aliphatic heterocycles. The molecular weight excluding hydrogens is 156 g/mol. The van der Waals surface area contributed by atoms with Crippen LogP contribution in [0.2, 0.25) is 0 Å². The van der Waals surface area contributed by atoms with Crippen LogP contribution in [0.1, 0.15) is 12.8 Å². The Balaban J connectivity index is 3.23. The van der Waals surface area contributed by atoms with Crippen molar-refractivity contribution in [3.05, 3.63) is 12.2 Å². The molecule has 0 bridgehead atoms. The van der Waals surface area contributed by atoms with Crippen LogP contribution in [0.4, 0.5) is 0 Å². The van der Waals surface area contributed by atoms with Crippen molar-refractivity contribution in [2.24, 2.45) is 9.98 Å². The Morgan fingerprint density at radius 2 is 1.83 bits per heavy atom. The van der Waals surface area contributed by atoms with Crippen molar-refractivity contribution in [3.8, 4) is 0 Å². The highest BCUT2D eigenvalue weighted by atomic mass is 16.1. The Labute approximate surface area is 70.7 Å². The zero-order valence-corrected chi connectivity index (χ0v) is 6.69. The maximum absolute atomic E-state index is 9.61. The van der Waals surface area contributed by atoms with Gasteiger partial charge in [-0.1, -0.05) is 12.2 Å². The molecule has 0 aromatic heterocycles. The molecule has 0 amide bonds. The van der Waals surface area contributed by atoms with Crippen LogP contribution in [0.3, 0.4) is 0 Å². The van der Waals surface area contributed by atoms with E-state index in [1.807, 2.05) is 6.08 Å². The Morgan fingerprint density at radius 3 is 2.50 bits per heavy atom. The van der Waals surface area contributed by atoms with Gasteiger partial charge < -0.3 is 0 Å². The van der Waals surface area contributed by atoms with Gasteiger partial charge >= 0.3 is 0 Å². The van der Waals surface area contributed by atoms with Gasteiger partial charge in [-0.25, -0.2) is 19.6 Å². The highest BCUT2D eigenvalue weighted by Crippen LogP contribution is 1.90. The van der Waals surface area contributed by atoms with Gasteiger partial charge in [0.2, 0.25) is 12.2 Å². The predicted octanol–water partition coefficient (Wildman–Crippen LogP) is 0.994. The molecule has 0 saturated carbocycles. The quantitative estimate of drug-likeness (QED) is 0.256. The monoisotopic (exact) mass is 166 g/mol. The second-order valence-corrected chi connectivity index (χ2v) is 2.02. The van der Waals surface area contributed by atoms with E-state index in [0.29, 0.717) is 13.1 Å². The highest BCUT2D eigenvalue weighted by Gasteiger charge is 1.80. The molecule has 0 spiro atoms. The minimum absolute atomic E-state index is 0.375. The van der Waals surface area contributed by atoms with Gasteiger partial charge in [0.1, 0.15) is 0 Å². The third kappa shape index (κ3) is 8.50. The van der Waals surface area contributed by atoms with Crippen molar-refractivity contribution < 1.29 is 9.59 Å². The predicted molar refractivity (Wildman–Crippen MR) is 44.4 cm³/mol. The molecule has 0 unspecified atom stereocenters. The molecule has 0 saturated heterocycles. The summed E-state index contributed by atoms with van der Waals surface area (Å²) in [5, 5.41) is 0. The van der Waals surface area contributed by atoms with Gasteiger partial charge in [0, 0.05) is 0 Å². The lowest BCUT2D eigenvalue weighted by Crippen LogP contribution is -1.78. The molecule has 0 N–H and O–H groups in total. The first kappa shape index (κ1) is 10.5. The maximum atomic E-state index is 9.61. The number of carbonyl (C=O) groups excluding carboxylic acids is 2. The number of rotatable bonds is 6. The molecule has 0 atom stereocenters. The van der Waals surface area contributed by atoms with E-state index in [1.165, 1.54) is 12.2 Å². The van der Waals surface area contributed by atoms with Crippen molar-refractivity contribution in [3.63, 3.8) is 0 Å². The van der Waals surface area contributed by atoms with Gasteiger partial charge in [0.05, 0.1) is 13.1 Å². The molecule has 0 fully saturated rings. The minimum Gasteiger partial charge on any atom is -0.211 e. The molecule has 0 aromatic carbocycles. The lowest BCUT2D eigenvalue weighted by molar-refractivity contribution is 0.562. The zero-order chi connectivity index (χ0) is 9.07.